The summed E-state index contributed by atoms with van der Waals surface area (Å²) >= 11 is 0. The van der Waals surface area contributed by atoms with E-state index in [1.165, 1.54) is 57.1 Å². The van der Waals surface area contributed by atoms with Gasteiger partial charge in [0.15, 0.2) is 0 Å². The molecule has 4 heteroatoms. The van der Waals surface area contributed by atoms with Gasteiger partial charge in [-0.3, -0.25) is 0 Å². The summed E-state index contributed by atoms with van der Waals surface area (Å²) in [7, 11) is 0. The fourth-order valence-corrected chi connectivity index (χ4v) is 5.28. The van der Waals surface area contributed by atoms with Crippen molar-refractivity contribution in [3.8, 4) is 6.07 Å². The van der Waals surface area contributed by atoms with Gasteiger partial charge in [0.1, 0.15) is 0 Å². The second kappa shape index (κ2) is 9.63. The van der Waals surface area contributed by atoms with E-state index in [0.29, 0.717) is 5.92 Å². The summed E-state index contributed by atoms with van der Waals surface area (Å²) < 4.78 is 38.2. The summed E-state index contributed by atoms with van der Waals surface area (Å²) in [5, 5.41) is 8.54. The van der Waals surface area contributed by atoms with Gasteiger partial charge < -0.3 is 0 Å². The van der Waals surface area contributed by atoms with Crippen molar-refractivity contribution < 1.29 is 13.2 Å². The van der Waals surface area contributed by atoms with Crippen LogP contribution in [0.2, 0.25) is 0 Å². The summed E-state index contributed by atoms with van der Waals surface area (Å²) in [6, 6.07) is 7.87. The highest BCUT2D eigenvalue weighted by atomic mass is 19.4. The summed E-state index contributed by atoms with van der Waals surface area (Å²) in [6.07, 6.45) is 11.4. The maximum atomic E-state index is 12.7. The van der Waals surface area contributed by atoms with Crippen molar-refractivity contribution in [2.45, 2.75) is 76.3 Å². The molecule has 152 valence electrons. The Morgan fingerprint density at radius 3 is 2.00 bits per heavy atom. The normalized spacial score (nSPS) is 28.9. The number of nitriles is 1. The largest absolute Gasteiger partial charge is 0.416 e. The summed E-state index contributed by atoms with van der Waals surface area (Å²) in [5.74, 6) is 2.86. The van der Waals surface area contributed by atoms with Crippen LogP contribution < -0.4 is 0 Å². The molecule has 0 radical (unpaired) electrons. The molecular weight excluding hydrogens is 359 g/mol. The zero-order valence-electron chi connectivity index (χ0n) is 16.4. The molecule has 0 unspecified atom stereocenters. The Hall–Kier alpha value is -1.76. The molecule has 0 saturated heterocycles. The average molecular weight is 390 g/mol. The number of halogens is 3. The summed E-state index contributed by atoms with van der Waals surface area (Å²) in [5.41, 5.74) is 0.519. The van der Waals surface area contributed by atoms with Crippen LogP contribution >= 0.6 is 0 Å². The minimum absolute atomic E-state index is 0.418. The fraction of sp³-hybridized carbons (Fsp3) is 0.625. The molecule has 0 atom stereocenters. The smallest absolute Gasteiger partial charge is 0.193 e. The van der Waals surface area contributed by atoms with Crippen LogP contribution in [0, 0.1) is 29.1 Å². The van der Waals surface area contributed by atoms with Gasteiger partial charge in [0.2, 0.25) is 0 Å². The average Bonchev–Trinajstić information content (AvgIpc) is 2.71. The van der Waals surface area contributed by atoms with Crippen LogP contribution in [0.5, 0.6) is 0 Å². The molecule has 0 heterocycles. The van der Waals surface area contributed by atoms with Crippen LogP contribution in [-0.4, -0.2) is 0 Å². The molecule has 1 nitrogen and oxygen atoms in total. The monoisotopic (exact) mass is 389 g/mol. The minimum atomic E-state index is -4.25. The lowest BCUT2D eigenvalue weighted by atomic mass is 9.68. The van der Waals surface area contributed by atoms with Crippen LogP contribution in [0.15, 0.2) is 36.4 Å². The lowest BCUT2D eigenvalue weighted by Crippen LogP contribution is -2.25. The van der Waals surface area contributed by atoms with E-state index in [2.05, 4.69) is 0 Å². The van der Waals surface area contributed by atoms with E-state index in [1.54, 1.807) is 18.2 Å². The standard InChI is InChI=1S/C24H30F3N/c25-24(26,27)23-15-13-22(14-16-23)21-11-9-20(10-12-21)19-7-5-18(6-8-19)4-2-1-3-17-28/h1,3,13-16,18-21H,2,4-12H2/t18-,19-,20-,21-. The van der Waals surface area contributed by atoms with Gasteiger partial charge in [-0.25, -0.2) is 0 Å². The van der Waals surface area contributed by atoms with Crippen molar-refractivity contribution in [3.05, 3.63) is 47.5 Å². The predicted molar refractivity (Wildman–Crippen MR) is 106 cm³/mol. The molecule has 3 rings (SSSR count). The molecule has 1 aromatic carbocycles. The second-order valence-corrected chi connectivity index (χ2v) is 8.62. The zero-order chi connectivity index (χ0) is 20.0. The Morgan fingerprint density at radius 1 is 0.893 bits per heavy atom. The summed E-state index contributed by atoms with van der Waals surface area (Å²) in [6.45, 7) is 0. The molecule has 0 aromatic heterocycles. The number of hydrogen-bond acceptors (Lipinski definition) is 1. The van der Waals surface area contributed by atoms with Crippen molar-refractivity contribution in [1.29, 1.82) is 5.26 Å². The highest BCUT2D eigenvalue weighted by Gasteiger charge is 2.32. The first-order valence-corrected chi connectivity index (χ1v) is 10.7. The van der Waals surface area contributed by atoms with Gasteiger partial charge in [-0.15, -0.1) is 0 Å². The zero-order valence-corrected chi connectivity index (χ0v) is 16.4. The van der Waals surface area contributed by atoms with Crippen LogP contribution in [0.3, 0.4) is 0 Å². The molecule has 2 saturated carbocycles. The van der Waals surface area contributed by atoms with E-state index < -0.39 is 11.7 Å². The molecule has 28 heavy (non-hydrogen) atoms. The number of rotatable bonds is 5. The van der Waals surface area contributed by atoms with Gasteiger partial charge in [-0.1, -0.05) is 31.1 Å². The van der Waals surface area contributed by atoms with Crippen molar-refractivity contribution >= 4 is 0 Å². The minimum Gasteiger partial charge on any atom is -0.193 e. The van der Waals surface area contributed by atoms with Crippen LogP contribution in [0.25, 0.3) is 0 Å². The Kier molecular flexibility index (Phi) is 7.21. The molecular formula is C24H30F3N. The molecule has 0 aliphatic heterocycles. The Morgan fingerprint density at radius 2 is 1.46 bits per heavy atom. The number of hydrogen-bond donors (Lipinski definition) is 0. The maximum absolute atomic E-state index is 12.7. The van der Waals surface area contributed by atoms with Crippen molar-refractivity contribution in [3.63, 3.8) is 0 Å². The third-order valence-corrected chi connectivity index (χ3v) is 6.97. The molecule has 2 aliphatic rings. The van der Waals surface area contributed by atoms with E-state index in [-0.39, 0.29) is 0 Å². The second-order valence-electron chi connectivity index (χ2n) is 8.62. The van der Waals surface area contributed by atoms with Crippen molar-refractivity contribution in [1.82, 2.24) is 0 Å². The fourth-order valence-electron chi connectivity index (χ4n) is 5.28. The number of benzene rings is 1. The molecule has 0 bridgehead atoms. The van der Waals surface area contributed by atoms with Gasteiger partial charge in [-0.2, -0.15) is 18.4 Å². The number of alkyl halides is 3. The van der Waals surface area contributed by atoms with Gasteiger partial charge in [0, 0.05) is 6.08 Å². The molecule has 0 N–H and O–H groups in total. The Bertz CT molecular complexity index is 667. The van der Waals surface area contributed by atoms with E-state index in [4.69, 9.17) is 5.26 Å². The van der Waals surface area contributed by atoms with Crippen LogP contribution in [0.1, 0.15) is 81.3 Å². The third-order valence-electron chi connectivity index (χ3n) is 6.97. The van der Waals surface area contributed by atoms with Gasteiger partial charge in [0.05, 0.1) is 11.6 Å². The third kappa shape index (κ3) is 5.63. The van der Waals surface area contributed by atoms with Crippen LogP contribution in [0.4, 0.5) is 13.2 Å². The van der Waals surface area contributed by atoms with E-state index in [9.17, 15) is 13.2 Å². The molecule has 2 fully saturated rings. The Balaban J connectivity index is 1.42. The highest BCUT2D eigenvalue weighted by molar-refractivity contribution is 5.27. The molecule has 1 aromatic rings. The highest BCUT2D eigenvalue weighted by Crippen LogP contribution is 2.44. The molecule has 0 amide bonds. The summed E-state index contributed by atoms with van der Waals surface area (Å²) in [4.78, 5) is 0. The first kappa shape index (κ1) is 21.0. The quantitative estimate of drug-likeness (QED) is 0.475. The maximum Gasteiger partial charge on any atom is 0.416 e. The number of nitrogens with zero attached hydrogens (tertiary/aromatic N) is 1. The SMILES string of the molecule is N#CC=CCC[C@H]1CC[C@H]([C@H]2CC[C@H](c3ccc(C(F)(F)F)cc3)CC2)CC1. The Labute approximate surface area is 166 Å². The number of allylic oxidation sites excluding steroid dienone is 2. The van der Waals surface area contributed by atoms with E-state index in [1.807, 2.05) is 12.1 Å². The van der Waals surface area contributed by atoms with Crippen molar-refractivity contribution in [2.24, 2.45) is 17.8 Å². The van der Waals surface area contributed by atoms with Gasteiger partial charge >= 0.3 is 6.18 Å². The predicted octanol–water partition coefficient (Wildman–Crippen LogP) is 7.65. The lowest BCUT2D eigenvalue weighted by molar-refractivity contribution is -0.137. The molecule has 0 spiro atoms. The van der Waals surface area contributed by atoms with E-state index in [0.717, 1.165) is 42.6 Å². The molecule has 2 aliphatic carbocycles. The van der Waals surface area contributed by atoms with Gasteiger partial charge in [0.25, 0.3) is 0 Å². The lowest BCUT2D eigenvalue weighted by Gasteiger charge is -2.38. The first-order valence-electron chi connectivity index (χ1n) is 10.7. The van der Waals surface area contributed by atoms with Crippen LogP contribution in [-0.2, 0) is 6.18 Å². The first-order chi connectivity index (χ1) is 13.5. The van der Waals surface area contributed by atoms with Crippen molar-refractivity contribution in [2.75, 3.05) is 0 Å². The van der Waals surface area contributed by atoms with E-state index >= 15 is 0 Å². The topological polar surface area (TPSA) is 23.8 Å². The van der Waals surface area contributed by atoms with Gasteiger partial charge in [-0.05, 0) is 92.7 Å².